The van der Waals surface area contributed by atoms with E-state index < -0.39 is 0 Å². The molecule has 5 rings (SSSR count). The van der Waals surface area contributed by atoms with E-state index in [9.17, 15) is 9.18 Å². The molecule has 2 aromatic heterocycles. The van der Waals surface area contributed by atoms with Crippen molar-refractivity contribution in [3.8, 4) is 11.3 Å². The van der Waals surface area contributed by atoms with Crippen LogP contribution in [0.2, 0.25) is 0 Å². The third-order valence-corrected chi connectivity index (χ3v) is 7.45. The van der Waals surface area contributed by atoms with Crippen LogP contribution >= 0.6 is 28.1 Å². The van der Waals surface area contributed by atoms with Crippen LogP contribution in [0.15, 0.2) is 81.8 Å². The molecule has 6 nitrogen and oxygen atoms in total. The minimum absolute atomic E-state index is 0.0395. The number of benzene rings is 2. The quantitative estimate of drug-likeness (QED) is 0.228. The van der Waals surface area contributed by atoms with Crippen LogP contribution in [0.1, 0.15) is 42.9 Å². The Morgan fingerprint density at radius 2 is 1.97 bits per heavy atom. The summed E-state index contributed by atoms with van der Waals surface area (Å²) in [4.78, 5) is 18.9. The molecule has 0 radical (unpaired) electrons. The Bertz CT molecular complexity index is 1510. The van der Waals surface area contributed by atoms with Gasteiger partial charge in [-0.1, -0.05) is 19.9 Å². The third kappa shape index (κ3) is 5.08. The van der Waals surface area contributed by atoms with Crippen LogP contribution < -0.4 is 15.5 Å². The van der Waals surface area contributed by atoms with E-state index in [1.165, 1.54) is 12.1 Å². The summed E-state index contributed by atoms with van der Waals surface area (Å²) >= 11 is 9.26. The summed E-state index contributed by atoms with van der Waals surface area (Å²) in [5, 5.41) is 6.94. The number of carbonyl (C=O) groups is 1. The van der Waals surface area contributed by atoms with Gasteiger partial charge in [-0.15, -0.1) is 0 Å². The van der Waals surface area contributed by atoms with Crippen LogP contribution in [-0.4, -0.2) is 16.0 Å². The molecule has 0 bridgehead atoms. The zero-order valence-corrected chi connectivity index (χ0v) is 23.4. The van der Waals surface area contributed by atoms with Crippen molar-refractivity contribution in [2.45, 2.75) is 32.9 Å². The Kier molecular flexibility index (Phi) is 7.32. The highest BCUT2D eigenvalue weighted by Crippen LogP contribution is 2.44. The van der Waals surface area contributed by atoms with Crippen molar-refractivity contribution in [3.63, 3.8) is 0 Å². The largest absolute Gasteiger partial charge is 0.459 e. The number of nitrogens with one attached hydrogen (secondary N) is 2. The van der Waals surface area contributed by atoms with Crippen molar-refractivity contribution in [2.24, 2.45) is 5.92 Å². The van der Waals surface area contributed by atoms with Gasteiger partial charge in [-0.2, -0.15) is 0 Å². The predicted octanol–water partition coefficient (Wildman–Crippen LogP) is 7.32. The van der Waals surface area contributed by atoms with Crippen molar-refractivity contribution in [1.82, 2.24) is 10.3 Å². The Morgan fingerprint density at radius 3 is 2.66 bits per heavy atom. The van der Waals surface area contributed by atoms with E-state index in [2.05, 4.69) is 31.5 Å². The molecule has 1 fully saturated rings. The number of anilines is 2. The Balaban J connectivity index is 1.56. The number of thiocarbonyl (C=S) groups is 1. The van der Waals surface area contributed by atoms with Crippen LogP contribution in [0.4, 0.5) is 15.8 Å². The summed E-state index contributed by atoms with van der Waals surface area (Å²) in [6, 6.07) is 19.2. The van der Waals surface area contributed by atoms with Gasteiger partial charge in [0.05, 0.1) is 11.7 Å². The first-order chi connectivity index (χ1) is 18.2. The number of aryl methyl sites for hydroxylation is 1. The summed E-state index contributed by atoms with van der Waals surface area (Å²) in [5.74, 6) is 0.786. The second-order valence-corrected chi connectivity index (χ2v) is 10.7. The third-order valence-electron chi connectivity index (χ3n) is 6.48. The number of nitrogens with zero attached hydrogens (tertiary/aromatic N) is 2. The van der Waals surface area contributed by atoms with E-state index in [0.29, 0.717) is 21.1 Å². The fourth-order valence-electron chi connectivity index (χ4n) is 4.48. The number of pyridine rings is 1. The number of hydrogen-bond acceptors (Lipinski definition) is 4. The summed E-state index contributed by atoms with van der Waals surface area (Å²) < 4.78 is 20.7. The maximum absolute atomic E-state index is 13.7. The van der Waals surface area contributed by atoms with Crippen LogP contribution in [0.5, 0.6) is 0 Å². The molecule has 4 aromatic rings. The standard InChI is InChI=1S/C29H26BrFN4O2S/c1-16(2)28(36)33-22-10-8-19(14-17(22)3)35-27(26(34-29(35)38)23-6-4-5-13-32-23)25-12-11-24(37-25)20-9-7-18(31)15-21(20)30/h4-16,26-27H,1-3H3,(H,33,36)(H,34,38)/t26-,27-/m0/s1. The molecular formula is C29H26BrFN4O2S. The number of amides is 1. The van der Waals surface area contributed by atoms with Gasteiger partial charge in [0.2, 0.25) is 5.91 Å². The van der Waals surface area contributed by atoms with Crippen LogP contribution in [-0.2, 0) is 4.79 Å². The van der Waals surface area contributed by atoms with Crippen molar-refractivity contribution >= 4 is 50.5 Å². The van der Waals surface area contributed by atoms with E-state index in [1.807, 2.05) is 74.2 Å². The maximum atomic E-state index is 13.7. The van der Waals surface area contributed by atoms with E-state index in [4.69, 9.17) is 16.6 Å². The molecule has 0 saturated carbocycles. The predicted molar refractivity (Wildman–Crippen MR) is 154 cm³/mol. The first-order valence-electron chi connectivity index (χ1n) is 12.2. The van der Waals surface area contributed by atoms with Gasteiger partial charge in [0, 0.05) is 33.5 Å². The van der Waals surface area contributed by atoms with Gasteiger partial charge in [-0.25, -0.2) is 4.39 Å². The molecule has 0 spiro atoms. The van der Waals surface area contributed by atoms with Gasteiger partial charge in [0.1, 0.15) is 23.4 Å². The fourth-order valence-corrected chi connectivity index (χ4v) is 5.37. The number of aromatic nitrogens is 1. The number of halogens is 2. The minimum atomic E-state index is -0.346. The molecule has 1 amide bonds. The molecule has 1 saturated heterocycles. The molecule has 0 aliphatic carbocycles. The lowest BCUT2D eigenvalue weighted by Gasteiger charge is -2.27. The lowest BCUT2D eigenvalue weighted by atomic mass is 10.0. The lowest BCUT2D eigenvalue weighted by Crippen LogP contribution is -2.29. The average Bonchev–Trinajstić information content (AvgIpc) is 3.50. The summed E-state index contributed by atoms with van der Waals surface area (Å²) in [5.41, 5.74) is 4.08. The van der Waals surface area contributed by atoms with Crippen molar-refractivity contribution < 1.29 is 13.6 Å². The highest BCUT2D eigenvalue weighted by Gasteiger charge is 2.42. The lowest BCUT2D eigenvalue weighted by molar-refractivity contribution is -0.118. The van der Waals surface area contributed by atoms with Gasteiger partial charge in [0.25, 0.3) is 0 Å². The Labute approximate surface area is 234 Å². The first-order valence-corrected chi connectivity index (χ1v) is 13.4. The normalized spacial score (nSPS) is 17.1. The number of carbonyl (C=O) groups excluding carboxylic acids is 1. The fraction of sp³-hybridized carbons (Fsp3) is 0.207. The highest BCUT2D eigenvalue weighted by molar-refractivity contribution is 9.10. The zero-order valence-electron chi connectivity index (χ0n) is 21.0. The second-order valence-electron chi connectivity index (χ2n) is 9.47. The number of rotatable bonds is 6. The molecule has 194 valence electrons. The number of hydrogen-bond donors (Lipinski definition) is 2. The van der Waals surface area contributed by atoms with Gasteiger partial charge < -0.3 is 20.0 Å². The molecule has 2 aromatic carbocycles. The maximum Gasteiger partial charge on any atom is 0.226 e. The molecule has 0 unspecified atom stereocenters. The number of furan rings is 1. The monoisotopic (exact) mass is 592 g/mol. The molecule has 1 aliphatic rings. The van der Waals surface area contributed by atoms with Gasteiger partial charge >= 0.3 is 0 Å². The van der Waals surface area contributed by atoms with Gasteiger partial charge in [-0.05, 0) is 101 Å². The minimum Gasteiger partial charge on any atom is -0.459 e. The van der Waals surface area contributed by atoms with Crippen molar-refractivity contribution in [2.75, 3.05) is 10.2 Å². The summed E-state index contributed by atoms with van der Waals surface area (Å²) in [7, 11) is 0. The Hall–Kier alpha value is -3.56. The van der Waals surface area contributed by atoms with Crippen molar-refractivity contribution in [3.05, 3.63) is 100 Å². The van der Waals surface area contributed by atoms with Crippen molar-refractivity contribution in [1.29, 1.82) is 0 Å². The molecule has 2 atom stereocenters. The summed E-state index contributed by atoms with van der Waals surface area (Å²) in [6.45, 7) is 5.67. The van der Waals surface area contributed by atoms with Gasteiger partial charge in [0.15, 0.2) is 5.11 Å². The second kappa shape index (κ2) is 10.7. The molecule has 3 heterocycles. The highest BCUT2D eigenvalue weighted by atomic mass is 79.9. The molecule has 9 heteroatoms. The SMILES string of the molecule is Cc1cc(N2C(=S)N[C@@H](c3ccccn3)[C@@H]2c2ccc(-c3ccc(F)cc3Br)o2)ccc1NC(=O)C(C)C. The zero-order chi connectivity index (χ0) is 27.0. The van der Waals surface area contributed by atoms with Crippen LogP contribution in [0.25, 0.3) is 11.3 Å². The average molecular weight is 594 g/mol. The van der Waals surface area contributed by atoms with E-state index in [0.717, 1.165) is 28.2 Å². The topological polar surface area (TPSA) is 70.4 Å². The smallest absolute Gasteiger partial charge is 0.226 e. The molecular weight excluding hydrogens is 567 g/mol. The molecule has 1 aliphatic heterocycles. The van der Waals surface area contributed by atoms with Crippen LogP contribution in [0.3, 0.4) is 0 Å². The summed E-state index contributed by atoms with van der Waals surface area (Å²) in [6.07, 6.45) is 1.75. The van der Waals surface area contributed by atoms with Gasteiger partial charge in [-0.3, -0.25) is 9.78 Å². The Morgan fingerprint density at radius 1 is 1.16 bits per heavy atom. The first kappa shape index (κ1) is 26.1. The molecule has 2 N–H and O–H groups in total. The van der Waals surface area contributed by atoms with E-state index >= 15 is 0 Å². The van der Waals surface area contributed by atoms with Crippen LogP contribution in [0, 0.1) is 18.7 Å². The van der Waals surface area contributed by atoms with E-state index in [-0.39, 0.29) is 29.7 Å². The van der Waals surface area contributed by atoms with E-state index in [1.54, 1.807) is 12.3 Å². The molecule has 38 heavy (non-hydrogen) atoms.